The first-order valence-electron chi connectivity index (χ1n) is 4.95. The molecule has 2 unspecified atom stereocenters. The van der Waals surface area contributed by atoms with E-state index < -0.39 is 0 Å². The van der Waals surface area contributed by atoms with E-state index in [0.717, 1.165) is 12.8 Å². The highest BCUT2D eigenvalue weighted by Gasteiger charge is 2.48. The molecule has 3 atom stereocenters. The predicted octanol–water partition coefficient (Wildman–Crippen LogP) is 3.35. The van der Waals surface area contributed by atoms with Gasteiger partial charge in [-0.1, -0.05) is 35.0 Å². The standard InChI is InChI=1S/C12H17BrO/c1-4-9-6-7-10(5-2)12(9,3)11(14)8-13/h4-5,9-10H,1-2,6-8H2,3H3/t9-,10?,12?/m0/s1. The van der Waals surface area contributed by atoms with Crippen molar-refractivity contribution >= 4 is 21.7 Å². The second-order valence-electron chi connectivity index (χ2n) is 4.10. The van der Waals surface area contributed by atoms with Crippen molar-refractivity contribution in [2.24, 2.45) is 17.3 Å². The first-order valence-corrected chi connectivity index (χ1v) is 6.07. The van der Waals surface area contributed by atoms with E-state index in [1.54, 1.807) is 0 Å². The summed E-state index contributed by atoms with van der Waals surface area (Å²) in [4.78, 5) is 11.9. The summed E-state index contributed by atoms with van der Waals surface area (Å²) >= 11 is 3.26. The van der Waals surface area contributed by atoms with E-state index in [0.29, 0.717) is 17.2 Å². The third-order valence-electron chi connectivity index (χ3n) is 3.62. The summed E-state index contributed by atoms with van der Waals surface area (Å²) in [6.07, 6.45) is 5.94. The van der Waals surface area contributed by atoms with E-state index in [2.05, 4.69) is 29.1 Å². The van der Waals surface area contributed by atoms with Crippen LogP contribution in [0.25, 0.3) is 0 Å². The van der Waals surface area contributed by atoms with E-state index in [1.807, 2.05) is 19.1 Å². The van der Waals surface area contributed by atoms with Crippen LogP contribution in [0.3, 0.4) is 0 Å². The van der Waals surface area contributed by atoms with Gasteiger partial charge in [0, 0.05) is 5.41 Å². The van der Waals surface area contributed by atoms with Crippen LogP contribution in [0.4, 0.5) is 0 Å². The summed E-state index contributed by atoms with van der Waals surface area (Å²) in [6.45, 7) is 9.69. The average molecular weight is 257 g/mol. The third kappa shape index (κ3) is 1.60. The number of halogens is 1. The average Bonchev–Trinajstić information content (AvgIpc) is 2.54. The van der Waals surface area contributed by atoms with E-state index in [1.165, 1.54) is 0 Å². The van der Waals surface area contributed by atoms with Crippen LogP contribution in [-0.4, -0.2) is 11.1 Å². The van der Waals surface area contributed by atoms with E-state index >= 15 is 0 Å². The Balaban J connectivity index is 3.02. The molecule has 0 radical (unpaired) electrons. The number of allylic oxidation sites excluding steroid dienone is 2. The second-order valence-corrected chi connectivity index (χ2v) is 4.66. The molecule has 1 rings (SSSR count). The van der Waals surface area contributed by atoms with Crippen LogP contribution in [0.15, 0.2) is 25.3 Å². The number of carbonyl (C=O) groups is 1. The molecule has 0 spiro atoms. The highest BCUT2D eigenvalue weighted by atomic mass is 79.9. The number of alkyl halides is 1. The maximum atomic E-state index is 11.9. The number of hydrogen-bond acceptors (Lipinski definition) is 1. The Morgan fingerprint density at radius 1 is 1.43 bits per heavy atom. The van der Waals surface area contributed by atoms with Crippen molar-refractivity contribution in [2.75, 3.05) is 5.33 Å². The molecule has 2 heteroatoms. The number of ketones is 1. The fourth-order valence-electron chi connectivity index (χ4n) is 2.52. The zero-order valence-corrected chi connectivity index (χ0v) is 10.2. The SMILES string of the molecule is C=CC1CC[C@H](C=C)C1(C)C(=O)CBr. The Bertz CT molecular complexity index is 241. The van der Waals surface area contributed by atoms with Gasteiger partial charge in [-0.3, -0.25) is 4.79 Å². The van der Waals surface area contributed by atoms with Gasteiger partial charge in [0.25, 0.3) is 0 Å². The lowest BCUT2D eigenvalue weighted by atomic mass is 9.71. The summed E-state index contributed by atoms with van der Waals surface area (Å²) in [5.74, 6) is 0.871. The highest BCUT2D eigenvalue weighted by Crippen LogP contribution is 2.49. The van der Waals surface area contributed by atoms with Gasteiger partial charge in [-0.05, 0) is 24.7 Å². The molecule has 0 aromatic carbocycles. The molecule has 0 saturated heterocycles. The molecule has 0 N–H and O–H groups in total. The minimum atomic E-state index is -0.285. The van der Waals surface area contributed by atoms with Gasteiger partial charge < -0.3 is 0 Å². The largest absolute Gasteiger partial charge is 0.298 e. The van der Waals surface area contributed by atoms with Crippen molar-refractivity contribution in [3.05, 3.63) is 25.3 Å². The van der Waals surface area contributed by atoms with Gasteiger partial charge >= 0.3 is 0 Å². The predicted molar refractivity (Wildman–Crippen MR) is 63.5 cm³/mol. The molecule has 0 amide bonds. The van der Waals surface area contributed by atoms with E-state index in [4.69, 9.17) is 0 Å². The fourth-order valence-corrected chi connectivity index (χ4v) is 3.12. The van der Waals surface area contributed by atoms with Gasteiger partial charge in [-0.2, -0.15) is 0 Å². The molecule has 78 valence electrons. The Kier molecular flexibility index (Phi) is 3.71. The van der Waals surface area contributed by atoms with Gasteiger partial charge in [0.2, 0.25) is 0 Å². The van der Waals surface area contributed by atoms with E-state index in [-0.39, 0.29) is 11.2 Å². The smallest absolute Gasteiger partial charge is 0.150 e. The fraction of sp³-hybridized carbons (Fsp3) is 0.583. The van der Waals surface area contributed by atoms with Crippen LogP contribution in [0.2, 0.25) is 0 Å². The van der Waals surface area contributed by atoms with Crippen LogP contribution < -0.4 is 0 Å². The number of hydrogen-bond donors (Lipinski definition) is 0. The molecule has 1 nitrogen and oxygen atoms in total. The number of carbonyl (C=O) groups excluding carboxylic acids is 1. The lowest BCUT2D eigenvalue weighted by Gasteiger charge is -2.32. The van der Waals surface area contributed by atoms with Crippen molar-refractivity contribution in [1.29, 1.82) is 0 Å². The Hall–Kier alpha value is -0.370. The minimum absolute atomic E-state index is 0.268. The van der Waals surface area contributed by atoms with Crippen LogP contribution in [-0.2, 0) is 4.79 Å². The van der Waals surface area contributed by atoms with Crippen molar-refractivity contribution in [3.63, 3.8) is 0 Å². The quantitative estimate of drug-likeness (QED) is 0.557. The molecule has 0 aromatic rings. The van der Waals surface area contributed by atoms with Crippen molar-refractivity contribution in [1.82, 2.24) is 0 Å². The first-order chi connectivity index (χ1) is 6.61. The molecule has 0 heterocycles. The second kappa shape index (κ2) is 4.43. The van der Waals surface area contributed by atoms with Gasteiger partial charge in [0.15, 0.2) is 0 Å². The molecule has 0 aromatic heterocycles. The molecule has 0 bridgehead atoms. The van der Waals surface area contributed by atoms with Crippen molar-refractivity contribution in [3.8, 4) is 0 Å². The Morgan fingerprint density at radius 2 is 1.86 bits per heavy atom. The molecule has 1 saturated carbocycles. The monoisotopic (exact) mass is 256 g/mol. The lowest BCUT2D eigenvalue weighted by molar-refractivity contribution is -0.127. The van der Waals surface area contributed by atoms with Gasteiger partial charge in [-0.25, -0.2) is 0 Å². The first kappa shape index (κ1) is 11.7. The zero-order valence-electron chi connectivity index (χ0n) is 8.63. The summed E-state index contributed by atoms with van der Waals surface area (Å²) in [6, 6.07) is 0. The summed E-state index contributed by atoms with van der Waals surface area (Å²) < 4.78 is 0. The normalized spacial score (nSPS) is 36.7. The van der Waals surface area contributed by atoms with Gasteiger partial charge in [0.05, 0.1) is 5.33 Å². The molecule has 1 aliphatic rings. The van der Waals surface area contributed by atoms with Gasteiger partial charge in [0.1, 0.15) is 5.78 Å². The van der Waals surface area contributed by atoms with Crippen LogP contribution in [0.1, 0.15) is 19.8 Å². The maximum Gasteiger partial charge on any atom is 0.150 e. The molecule has 1 fully saturated rings. The van der Waals surface area contributed by atoms with Crippen LogP contribution in [0.5, 0.6) is 0 Å². The summed E-state index contributed by atoms with van der Waals surface area (Å²) in [5, 5.41) is 0.429. The molecule has 14 heavy (non-hydrogen) atoms. The minimum Gasteiger partial charge on any atom is -0.298 e. The highest BCUT2D eigenvalue weighted by molar-refractivity contribution is 9.09. The third-order valence-corrected chi connectivity index (χ3v) is 4.13. The Labute approximate surface area is 94.4 Å². The topological polar surface area (TPSA) is 17.1 Å². The zero-order chi connectivity index (χ0) is 10.8. The van der Waals surface area contributed by atoms with Crippen LogP contribution in [0, 0.1) is 17.3 Å². The van der Waals surface area contributed by atoms with Crippen LogP contribution >= 0.6 is 15.9 Å². The van der Waals surface area contributed by atoms with Crippen molar-refractivity contribution < 1.29 is 4.79 Å². The lowest BCUT2D eigenvalue weighted by Crippen LogP contribution is -2.36. The molecular formula is C12H17BrO. The Morgan fingerprint density at radius 3 is 2.14 bits per heavy atom. The molecule has 0 aliphatic heterocycles. The summed E-state index contributed by atoms with van der Waals surface area (Å²) in [7, 11) is 0. The van der Waals surface area contributed by atoms with E-state index in [9.17, 15) is 4.79 Å². The van der Waals surface area contributed by atoms with Crippen molar-refractivity contribution in [2.45, 2.75) is 19.8 Å². The number of rotatable bonds is 4. The van der Waals surface area contributed by atoms with Gasteiger partial charge in [-0.15, -0.1) is 13.2 Å². The molecule has 1 aliphatic carbocycles. The summed E-state index contributed by atoms with van der Waals surface area (Å²) in [5.41, 5.74) is -0.285. The number of Topliss-reactive ketones (excluding diaryl/α,β-unsaturated/α-hetero) is 1. The molecular weight excluding hydrogens is 240 g/mol. The maximum absolute atomic E-state index is 11.9.